The molecule has 5 heteroatoms. The van der Waals surface area contributed by atoms with Crippen molar-refractivity contribution in [2.75, 3.05) is 6.54 Å². The Morgan fingerprint density at radius 3 is 2.82 bits per heavy atom. The van der Waals surface area contributed by atoms with Crippen LogP contribution in [-0.4, -0.2) is 27.9 Å². The van der Waals surface area contributed by atoms with Crippen molar-refractivity contribution < 1.29 is 9.53 Å². The Morgan fingerprint density at radius 2 is 2.18 bits per heavy atom. The van der Waals surface area contributed by atoms with Crippen LogP contribution in [0.3, 0.4) is 0 Å². The van der Waals surface area contributed by atoms with Crippen molar-refractivity contribution >= 4 is 5.97 Å². The lowest BCUT2D eigenvalue weighted by atomic mass is 10.1. The fraction of sp³-hybridized carbons (Fsp3) is 0.667. The molecule has 0 amide bonds. The third-order valence-electron chi connectivity index (χ3n) is 2.66. The molecule has 5 nitrogen and oxygen atoms in total. The van der Waals surface area contributed by atoms with E-state index in [2.05, 4.69) is 10.4 Å². The van der Waals surface area contributed by atoms with E-state index in [1.54, 1.807) is 11.7 Å². The van der Waals surface area contributed by atoms with Crippen molar-refractivity contribution in [2.24, 2.45) is 7.05 Å². The van der Waals surface area contributed by atoms with Gasteiger partial charge >= 0.3 is 5.97 Å². The maximum Gasteiger partial charge on any atom is 0.357 e. The maximum absolute atomic E-state index is 12.1. The molecule has 0 saturated heterocycles. The lowest BCUT2D eigenvalue weighted by molar-refractivity contribution is 0.00561. The predicted molar refractivity (Wildman–Crippen MR) is 63.8 cm³/mol. The highest BCUT2D eigenvalue weighted by molar-refractivity contribution is 5.89. The molecule has 2 heterocycles. The topological polar surface area (TPSA) is 56.2 Å². The summed E-state index contributed by atoms with van der Waals surface area (Å²) in [6, 6.07) is 0. The van der Waals surface area contributed by atoms with E-state index in [1.807, 2.05) is 20.8 Å². The van der Waals surface area contributed by atoms with Crippen molar-refractivity contribution in [3.8, 4) is 0 Å². The highest BCUT2D eigenvalue weighted by Gasteiger charge is 2.27. The number of ether oxygens (including phenoxy) is 1. The summed E-state index contributed by atoms with van der Waals surface area (Å²) in [5.74, 6) is -0.294. The third-order valence-corrected chi connectivity index (χ3v) is 2.66. The van der Waals surface area contributed by atoms with Crippen molar-refractivity contribution in [2.45, 2.75) is 39.3 Å². The molecule has 1 aliphatic rings. The van der Waals surface area contributed by atoms with Gasteiger partial charge in [-0.3, -0.25) is 4.68 Å². The van der Waals surface area contributed by atoms with Crippen LogP contribution in [0, 0.1) is 0 Å². The number of carbonyl (C=O) groups is 1. The Kier molecular flexibility index (Phi) is 2.95. The minimum absolute atomic E-state index is 0.294. The Morgan fingerprint density at radius 1 is 1.47 bits per heavy atom. The summed E-state index contributed by atoms with van der Waals surface area (Å²) >= 11 is 0. The summed E-state index contributed by atoms with van der Waals surface area (Å²) < 4.78 is 7.03. The highest BCUT2D eigenvalue weighted by Crippen LogP contribution is 2.20. The van der Waals surface area contributed by atoms with Crippen LogP contribution in [-0.2, 0) is 24.8 Å². The number of aryl methyl sites for hydroxylation is 1. The van der Waals surface area contributed by atoms with Gasteiger partial charge in [0.25, 0.3) is 0 Å². The minimum Gasteiger partial charge on any atom is -0.455 e. The van der Waals surface area contributed by atoms with Crippen LogP contribution in [0.5, 0.6) is 0 Å². The summed E-state index contributed by atoms with van der Waals surface area (Å²) in [5, 5.41) is 7.63. The van der Waals surface area contributed by atoms with Gasteiger partial charge in [-0.2, -0.15) is 5.10 Å². The van der Waals surface area contributed by atoms with Crippen LogP contribution >= 0.6 is 0 Å². The minimum atomic E-state index is -0.476. The maximum atomic E-state index is 12.1. The first kappa shape index (κ1) is 12.1. The average molecular weight is 237 g/mol. The van der Waals surface area contributed by atoms with E-state index < -0.39 is 5.60 Å². The fourth-order valence-electron chi connectivity index (χ4n) is 2.01. The number of nitrogens with one attached hydrogen (secondary N) is 1. The molecule has 0 atom stereocenters. The molecule has 1 N–H and O–H groups in total. The molecule has 1 aromatic heterocycles. The number of esters is 1. The Labute approximate surface area is 101 Å². The largest absolute Gasteiger partial charge is 0.455 e. The van der Waals surface area contributed by atoms with Crippen LogP contribution in [0.25, 0.3) is 0 Å². The molecule has 0 unspecified atom stereocenters. The molecule has 2 rings (SSSR count). The molecule has 0 spiro atoms. The fourth-order valence-corrected chi connectivity index (χ4v) is 2.01. The number of rotatable bonds is 1. The summed E-state index contributed by atoms with van der Waals surface area (Å²) in [7, 11) is 1.79. The summed E-state index contributed by atoms with van der Waals surface area (Å²) in [5.41, 5.74) is 2.08. The standard InChI is InChI=1S/C12H19N3O2/c1-12(2,3)17-11(16)10-8-7-13-6-5-9(8)14-15(10)4/h13H,5-7H2,1-4H3. The van der Waals surface area contributed by atoms with Crippen LogP contribution in [0.15, 0.2) is 0 Å². The Hall–Kier alpha value is -1.36. The zero-order valence-corrected chi connectivity index (χ0v) is 10.8. The van der Waals surface area contributed by atoms with E-state index in [0.717, 1.165) is 24.2 Å². The van der Waals surface area contributed by atoms with Gasteiger partial charge in [0.05, 0.1) is 5.69 Å². The van der Waals surface area contributed by atoms with Gasteiger partial charge in [0.2, 0.25) is 0 Å². The lowest BCUT2D eigenvalue weighted by Crippen LogP contribution is -2.28. The van der Waals surface area contributed by atoms with Gasteiger partial charge in [0.15, 0.2) is 5.69 Å². The lowest BCUT2D eigenvalue weighted by Gasteiger charge is -2.20. The predicted octanol–water partition coefficient (Wildman–Crippen LogP) is 1.02. The second-order valence-electron chi connectivity index (χ2n) is 5.33. The number of hydrogen-bond donors (Lipinski definition) is 1. The molecule has 0 radical (unpaired) electrons. The molecule has 0 aromatic carbocycles. The molecule has 0 saturated carbocycles. The molecule has 0 bridgehead atoms. The van der Waals surface area contributed by atoms with Gasteiger partial charge in [-0.05, 0) is 20.8 Å². The SMILES string of the molecule is Cn1nc2c(c1C(=O)OC(C)(C)C)CNCC2. The molecular formula is C12H19N3O2. The van der Waals surface area contributed by atoms with Crippen LogP contribution in [0.1, 0.15) is 42.5 Å². The zero-order chi connectivity index (χ0) is 12.6. The third kappa shape index (κ3) is 2.49. The van der Waals surface area contributed by atoms with Crippen LogP contribution in [0.4, 0.5) is 0 Å². The van der Waals surface area contributed by atoms with E-state index in [4.69, 9.17) is 4.74 Å². The van der Waals surface area contributed by atoms with Crippen LogP contribution in [0.2, 0.25) is 0 Å². The van der Waals surface area contributed by atoms with Gasteiger partial charge in [0, 0.05) is 32.1 Å². The second kappa shape index (κ2) is 4.14. The summed E-state index contributed by atoms with van der Waals surface area (Å²) in [4.78, 5) is 12.1. The molecule has 1 aliphatic heterocycles. The smallest absolute Gasteiger partial charge is 0.357 e. The first-order valence-corrected chi connectivity index (χ1v) is 5.87. The number of nitrogens with zero attached hydrogens (tertiary/aromatic N) is 2. The van der Waals surface area contributed by atoms with Gasteiger partial charge < -0.3 is 10.1 Å². The molecule has 94 valence electrons. The molecular weight excluding hydrogens is 218 g/mol. The van der Waals surface area contributed by atoms with Gasteiger partial charge in [-0.15, -0.1) is 0 Å². The molecule has 0 aliphatic carbocycles. The number of aromatic nitrogens is 2. The quantitative estimate of drug-likeness (QED) is 0.741. The second-order valence-corrected chi connectivity index (χ2v) is 5.33. The summed E-state index contributed by atoms with van der Waals surface area (Å²) in [6.45, 7) is 7.21. The van der Waals surface area contributed by atoms with Gasteiger partial charge in [-0.25, -0.2) is 4.79 Å². The van der Waals surface area contributed by atoms with E-state index >= 15 is 0 Å². The number of carbonyl (C=O) groups excluding carboxylic acids is 1. The van der Waals surface area contributed by atoms with Crippen molar-refractivity contribution in [1.82, 2.24) is 15.1 Å². The van der Waals surface area contributed by atoms with E-state index in [0.29, 0.717) is 12.2 Å². The van der Waals surface area contributed by atoms with Gasteiger partial charge in [0.1, 0.15) is 5.60 Å². The number of fused-ring (bicyclic) bond motifs is 1. The Bertz CT molecular complexity index is 443. The van der Waals surface area contributed by atoms with Crippen molar-refractivity contribution in [1.29, 1.82) is 0 Å². The monoisotopic (exact) mass is 237 g/mol. The van der Waals surface area contributed by atoms with Gasteiger partial charge in [-0.1, -0.05) is 0 Å². The van der Waals surface area contributed by atoms with Crippen molar-refractivity contribution in [3.05, 3.63) is 17.0 Å². The van der Waals surface area contributed by atoms with Crippen molar-refractivity contribution in [3.63, 3.8) is 0 Å². The normalized spacial score (nSPS) is 15.5. The molecule has 1 aromatic rings. The molecule has 0 fully saturated rings. The first-order valence-electron chi connectivity index (χ1n) is 5.87. The van der Waals surface area contributed by atoms with Crippen LogP contribution < -0.4 is 5.32 Å². The number of hydrogen-bond acceptors (Lipinski definition) is 4. The van der Waals surface area contributed by atoms with E-state index in [9.17, 15) is 4.79 Å². The van der Waals surface area contributed by atoms with E-state index in [-0.39, 0.29) is 5.97 Å². The average Bonchev–Trinajstić information content (AvgIpc) is 2.50. The highest BCUT2D eigenvalue weighted by atomic mass is 16.6. The first-order chi connectivity index (χ1) is 7.88. The summed E-state index contributed by atoms with van der Waals surface area (Å²) in [6.07, 6.45) is 0.867. The van der Waals surface area contributed by atoms with E-state index in [1.165, 1.54) is 0 Å². The Balaban J connectivity index is 2.32. The zero-order valence-electron chi connectivity index (χ0n) is 10.8. The molecule has 17 heavy (non-hydrogen) atoms.